The summed E-state index contributed by atoms with van der Waals surface area (Å²) in [5, 5.41) is 3.42. The van der Waals surface area contributed by atoms with Crippen LogP contribution in [0.15, 0.2) is 42.5 Å². The summed E-state index contributed by atoms with van der Waals surface area (Å²) >= 11 is 12.1. The molecule has 0 radical (unpaired) electrons. The molecule has 1 N–H and O–H groups in total. The first-order valence-corrected chi connectivity index (χ1v) is 11.3. The van der Waals surface area contributed by atoms with Gasteiger partial charge in [0.15, 0.2) is 0 Å². The Morgan fingerprint density at radius 1 is 1.14 bits per heavy atom. The third kappa shape index (κ3) is 6.58. The van der Waals surface area contributed by atoms with Gasteiger partial charge in [0.05, 0.1) is 23.6 Å². The van der Waals surface area contributed by atoms with Crippen molar-refractivity contribution in [2.75, 3.05) is 29.0 Å². The quantitative estimate of drug-likeness (QED) is 0.613. The number of hydrogen-bond acceptors (Lipinski definition) is 4. The number of amides is 1. The van der Waals surface area contributed by atoms with Gasteiger partial charge in [-0.15, -0.1) is 0 Å². The molecule has 0 aliphatic rings. The van der Waals surface area contributed by atoms with Crippen molar-refractivity contribution in [3.63, 3.8) is 0 Å². The highest BCUT2D eigenvalue weighted by Crippen LogP contribution is 2.30. The number of nitrogens with zero attached hydrogens (tertiary/aromatic N) is 1. The van der Waals surface area contributed by atoms with E-state index in [1.54, 1.807) is 30.3 Å². The predicted octanol–water partition coefficient (Wildman–Crippen LogP) is 4.58. The first-order chi connectivity index (χ1) is 13.2. The summed E-state index contributed by atoms with van der Waals surface area (Å²) in [6.07, 6.45) is 1.56. The van der Waals surface area contributed by atoms with Gasteiger partial charge in [0, 0.05) is 23.7 Å². The third-order valence-corrected chi connectivity index (χ3v) is 5.53. The molecule has 0 heterocycles. The summed E-state index contributed by atoms with van der Waals surface area (Å²) in [6, 6.07) is 11.6. The maximum Gasteiger partial charge on any atom is 0.232 e. The molecule has 0 spiro atoms. The monoisotopic (exact) mass is 444 g/mol. The summed E-state index contributed by atoms with van der Waals surface area (Å²) in [6.45, 7) is 2.57. The molecular weight excluding hydrogens is 423 g/mol. The number of hydrogen-bond donors (Lipinski definition) is 1. The van der Waals surface area contributed by atoms with E-state index in [0.717, 1.165) is 16.3 Å². The van der Waals surface area contributed by atoms with E-state index in [1.165, 1.54) is 12.1 Å². The van der Waals surface area contributed by atoms with E-state index in [9.17, 15) is 13.2 Å². The van der Waals surface area contributed by atoms with Crippen LogP contribution in [0.5, 0.6) is 5.75 Å². The Labute approximate surface area is 175 Å². The van der Waals surface area contributed by atoms with E-state index >= 15 is 0 Å². The highest BCUT2D eigenvalue weighted by Gasteiger charge is 2.20. The molecule has 1 amide bonds. The van der Waals surface area contributed by atoms with E-state index in [1.807, 2.05) is 6.92 Å². The summed E-state index contributed by atoms with van der Waals surface area (Å²) in [5.41, 5.74) is 0.940. The lowest BCUT2D eigenvalue weighted by Gasteiger charge is -2.23. The van der Waals surface area contributed by atoms with Crippen LogP contribution >= 0.6 is 23.2 Å². The maximum atomic E-state index is 12.2. The number of carbonyl (C=O) groups is 1. The first-order valence-electron chi connectivity index (χ1n) is 8.66. The average molecular weight is 445 g/mol. The van der Waals surface area contributed by atoms with E-state index in [4.69, 9.17) is 27.9 Å². The van der Waals surface area contributed by atoms with Crippen molar-refractivity contribution in [2.24, 2.45) is 0 Å². The normalized spacial score (nSPS) is 11.1. The lowest BCUT2D eigenvalue weighted by atomic mass is 10.2. The minimum atomic E-state index is -3.58. The highest BCUT2D eigenvalue weighted by molar-refractivity contribution is 7.92. The molecule has 0 aliphatic carbocycles. The van der Waals surface area contributed by atoms with Crippen LogP contribution in [0.2, 0.25) is 10.0 Å². The summed E-state index contributed by atoms with van der Waals surface area (Å²) in [7, 11) is -3.58. The number of carbonyl (C=O) groups excluding carboxylic acids is 1. The fourth-order valence-electron chi connectivity index (χ4n) is 2.55. The molecule has 2 rings (SSSR count). The van der Waals surface area contributed by atoms with Crippen molar-refractivity contribution >= 4 is 50.5 Å². The Hall–Kier alpha value is -1.96. The molecule has 2 aromatic carbocycles. The van der Waals surface area contributed by atoms with Gasteiger partial charge in [0.2, 0.25) is 15.9 Å². The van der Waals surface area contributed by atoms with Gasteiger partial charge in [-0.3, -0.25) is 9.10 Å². The standard InChI is InChI=1S/C19H22Cl2N2O4S/c1-3-27-16-9-7-15(8-10-16)22-19(24)5-4-12-23(28(2,25)26)18-13-14(20)6-11-17(18)21/h6-11,13H,3-5,12H2,1-2H3,(H,22,24). The predicted molar refractivity (Wildman–Crippen MR) is 114 cm³/mol. The highest BCUT2D eigenvalue weighted by atomic mass is 35.5. The Kier molecular flexibility index (Phi) is 7.98. The van der Waals surface area contributed by atoms with Gasteiger partial charge < -0.3 is 10.1 Å². The van der Waals surface area contributed by atoms with Gasteiger partial charge in [-0.1, -0.05) is 23.2 Å². The number of sulfonamides is 1. The summed E-state index contributed by atoms with van der Waals surface area (Å²) < 4.78 is 30.8. The van der Waals surface area contributed by atoms with E-state index in [2.05, 4.69) is 5.32 Å². The van der Waals surface area contributed by atoms with Crippen LogP contribution in [0.25, 0.3) is 0 Å². The fourth-order valence-corrected chi connectivity index (χ4v) is 3.95. The molecule has 28 heavy (non-hydrogen) atoms. The molecule has 0 saturated heterocycles. The van der Waals surface area contributed by atoms with Gasteiger partial charge in [0.25, 0.3) is 0 Å². The van der Waals surface area contributed by atoms with Crippen LogP contribution in [-0.4, -0.2) is 33.7 Å². The molecular formula is C19H22Cl2N2O4S. The van der Waals surface area contributed by atoms with Crippen LogP contribution in [0.1, 0.15) is 19.8 Å². The van der Waals surface area contributed by atoms with Gasteiger partial charge in [-0.25, -0.2) is 8.42 Å². The van der Waals surface area contributed by atoms with Crippen molar-refractivity contribution < 1.29 is 17.9 Å². The molecule has 0 saturated carbocycles. The van der Waals surface area contributed by atoms with Crippen LogP contribution in [0.3, 0.4) is 0 Å². The average Bonchev–Trinajstić information content (AvgIpc) is 2.62. The molecule has 0 fully saturated rings. The minimum Gasteiger partial charge on any atom is -0.494 e. The molecule has 152 valence electrons. The second-order valence-electron chi connectivity index (χ2n) is 6.04. The second kappa shape index (κ2) is 10.0. The number of nitrogens with one attached hydrogen (secondary N) is 1. The molecule has 0 bridgehead atoms. The summed E-state index contributed by atoms with van der Waals surface area (Å²) in [4.78, 5) is 12.2. The van der Waals surface area contributed by atoms with Gasteiger partial charge >= 0.3 is 0 Å². The van der Waals surface area contributed by atoms with Crippen LogP contribution in [0, 0.1) is 0 Å². The van der Waals surface area contributed by atoms with E-state index < -0.39 is 10.0 Å². The zero-order valence-electron chi connectivity index (χ0n) is 15.6. The number of ether oxygens (including phenoxy) is 1. The van der Waals surface area contributed by atoms with Crippen LogP contribution < -0.4 is 14.4 Å². The number of rotatable bonds is 9. The smallest absolute Gasteiger partial charge is 0.232 e. The van der Waals surface area contributed by atoms with E-state index in [0.29, 0.717) is 29.4 Å². The van der Waals surface area contributed by atoms with Crippen LogP contribution in [-0.2, 0) is 14.8 Å². The second-order valence-corrected chi connectivity index (χ2v) is 8.79. The topological polar surface area (TPSA) is 75.7 Å². The van der Waals surface area contributed by atoms with Gasteiger partial charge in [-0.2, -0.15) is 0 Å². The Morgan fingerprint density at radius 2 is 1.82 bits per heavy atom. The Morgan fingerprint density at radius 3 is 2.43 bits per heavy atom. The number of halogens is 2. The van der Waals surface area contributed by atoms with Gasteiger partial charge in [0.1, 0.15) is 5.75 Å². The third-order valence-electron chi connectivity index (χ3n) is 3.79. The van der Waals surface area contributed by atoms with Crippen molar-refractivity contribution in [1.82, 2.24) is 0 Å². The van der Waals surface area contributed by atoms with Crippen molar-refractivity contribution in [2.45, 2.75) is 19.8 Å². The lowest BCUT2D eigenvalue weighted by molar-refractivity contribution is -0.116. The zero-order valence-corrected chi connectivity index (χ0v) is 17.9. The maximum absolute atomic E-state index is 12.2. The lowest BCUT2D eigenvalue weighted by Crippen LogP contribution is -2.31. The summed E-state index contributed by atoms with van der Waals surface area (Å²) in [5.74, 6) is 0.512. The SMILES string of the molecule is CCOc1ccc(NC(=O)CCCN(c2cc(Cl)ccc2Cl)S(C)(=O)=O)cc1. The molecule has 0 aliphatic heterocycles. The Bertz CT molecular complexity index is 918. The van der Waals surface area contributed by atoms with E-state index in [-0.39, 0.29) is 23.9 Å². The Balaban J connectivity index is 1.96. The first kappa shape index (κ1) is 22.3. The molecule has 0 unspecified atom stereocenters. The largest absolute Gasteiger partial charge is 0.494 e. The van der Waals surface area contributed by atoms with Crippen molar-refractivity contribution in [1.29, 1.82) is 0 Å². The van der Waals surface area contributed by atoms with Crippen LogP contribution in [0.4, 0.5) is 11.4 Å². The minimum absolute atomic E-state index is 0.107. The number of benzene rings is 2. The fraction of sp³-hybridized carbons (Fsp3) is 0.316. The molecule has 0 atom stereocenters. The molecule has 0 aromatic heterocycles. The van der Waals surface area contributed by atoms with Crippen molar-refractivity contribution in [3.8, 4) is 5.75 Å². The van der Waals surface area contributed by atoms with Crippen molar-refractivity contribution in [3.05, 3.63) is 52.5 Å². The zero-order chi connectivity index (χ0) is 20.7. The molecule has 9 heteroatoms. The molecule has 2 aromatic rings. The molecule has 6 nitrogen and oxygen atoms in total. The van der Waals surface area contributed by atoms with Gasteiger partial charge in [-0.05, 0) is 55.8 Å². The number of anilines is 2.